The van der Waals surface area contributed by atoms with Crippen LogP contribution in [0.2, 0.25) is 0 Å². The van der Waals surface area contributed by atoms with Crippen molar-refractivity contribution in [2.45, 2.75) is 87.9 Å². The number of nitrogens with two attached hydrogens (primary N) is 1. The second kappa shape index (κ2) is 16.2. The van der Waals surface area contributed by atoms with Crippen LogP contribution in [0.15, 0.2) is 77.7 Å². The number of rotatable bonds is 10. The van der Waals surface area contributed by atoms with Gasteiger partial charge in [-0.05, 0) is 101 Å². The summed E-state index contributed by atoms with van der Waals surface area (Å²) >= 11 is 0. The Hall–Kier alpha value is -3.91. The van der Waals surface area contributed by atoms with Crippen LogP contribution in [0.3, 0.4) is 0 Å². The van der Waals surface area contributed by atoms with Gasteiger partial charge in [0.05, 0.1) is 10.9 Å². The lowest BCUT2D eigenvalue weighted by Gasteiger charge is -2.44. The molecule has 5 rings (SSSR count). The molecule has 2 aliphatic rings. The van der Waals surface area contributed by atoms with Crippen molar-refractivity contribution in [1.82, 2.24) is 9.21 Å². The fourth-order valence-electron chi connectivity index (χ4n) is 7.16. The van der Waals surface area contributed by atoms with E-state index in [0.717, 1.165) is 5.56 Å². The largest absolute Gasteiger partial charge is 0.444 e. The summed E-state index contributed by atoms with van der Waals surface area (Å²) in [6.07, 6.45) is 0.961. The molecular weight excluding hydrogens is 679 g/mol. The van der Waals surface area contributed by atoms with E-state index in [-0.39, 0.29) is 48.0 Å². The summed E-state index contributed by atoms with van der Waals surface area (Å²) in [5.41, 5.74) is 7.01. The molecule has 0 spiro atoms. The van der Waals surface area contributed by atoms with Gasteiger partial charge in [-0.1, -0.05) is 36.4 Å². The van der Waals surface area contributed by atoms with Gasteiger partial charge in [0.25, 0.3) is 0 Å². The van der Waals surface area contributed by atoms with Gasteiger partial charge >= 0.3 is 6.09 Å². The van der Waals surface area contributed by atoms with E-state index < -0.39 is 63.3 Å². The van der Waals surface area contributed by atoms with Crippen LogP contribution in [0.25, 0.3) is 0 Å². The van der Waals surface area contributed by atoms with E-state index in [1.54, 1.807) is 64.1 Å². The lowest BCUT2D eigenvalue weighted by atomic mass is 9.76. The molecule has 0 aromatic heterocycles. The minimum atomic E-state index is -4.01. The average Bonchev–Trinajstić information content (AvgIpc) is 3.08. The molecule has 51 heavy (non-hydrogen) atoms. The third-order valence-electron chi connectivity index (χ3n) is 9.50. The van der Waals surface area contributed by atoms with Gasteiger partial charge in [0, 0.05) is 55.6 Å². The summed E-state index contributed by atoms with van der Waals surface area (Å²) in [6, 6.07) is 16.0. The van der Waals surface area contributed by atoms with Crippen LogP contribution < -0.4 is 11.1 Å². The zero-order valence-corrected chi connectivity index (χ0v) is 30.4. The molecule has 13 heteroatoms. The van der Waals surface area contributed by atoms with Crippen LogP contribution in [-0.4, -0.2) is 79.7 Å². The molecule has 0 bridgehead atoms. The van der Waals surface area contributed by atoms with Crippen LogP contribution in [-0.2, 0) is 30.7 Å². The number of benzene rings is 3. The van der Waals surface area contributed by atoms with E-state index in [9.17, 15) is 22.4 Å². The normalized spacial score (nSPS) is 20.4. The SMILES string of the molecule is C[C@H]1CN(C(=O)OC(C)(C)C)C[C@H](CCc2c(F)cccc2NC(=O)[C@@H](N)[C@@H](c2ccc(F)cc2)C2CCOCC2)N1S(=O)(=O)c1ccccc1. The Morgan fingerprint density at radius 2 is 1.65 bits per heavy atom. The monoisotopic (exact) mass is 726 g/mol. The number of nitrogens with one attached hydrogen (secondary N) is 1. The lowest BCUT2D eigenvalue weighted by molar-refractivity contribution is -0.118. The minimum Gasteiger partial charge on any atom is -0.444 e. The third-order valence-corrected chi connectivity index (χ3v) is 11.6. The fourth-order valence-corrected chi connectivity index (χ4v) is 9.01. The van der Waals surface area contributed by atoms with Crippen LogP contribution in [0.5, 0.6) is 0 Å². The van der Waals surface area contributed by atoms with Gasteiger partial charge in [-0.3, -0.25) is 4.79 Å². The number of halogens is 2. The van der Waals surface area contributed by atoms with Gasteiger partial charge in [0.2, 0.25) is 15.9 Å². The Balaban J connectivity index is 1.40. The Morgan fingerprint density at radius 3 is 2.29 bits per heavy atom. The number of hydrogen-bond acceptors (Lipinski definition) is 7. The first-order valence-corrected chi connectivity index (χ1v) is 18.8. The summed E-state index contributed by atoms with van der Waals surface area (Å²) in [6.45, 7) is 8.18. The molecule has 2 saturated heterocycles. The van der Waals surface area contributed by atoms with E-state index in [1.165, 1.54) is 45.6 Å². The molecule has 2 fully saturated rings. The van der Waals surface area contributed by atoms with Crippen molar-refractivity contribution < 1.29 is 36.3 Å². The van der Waals surface area contributed by atoms with Gasteiger partial charge in [0.15, 0.2) is 0 Å². The molecule has 3 aromatic rings. The number of anilines is 1. The molecule has 3 aromatic carbocycles. The number of nitrogens with zero attached hydrogens (tertiary/aromatic N) is 2. The second-order valence-electron chi connectivity index (χ2n) is 14.4. The molecule has 2 amide bonds. The standard InChI is InChI=1S/C38H48F2N4O6S/c1-25-23-43(37(46)50-38(2,3)4)24-29(44(25)51(47,48)30-9-6-5-7-10-30)17-18-31-32(40)11-8-12-33(31)42-36(45)35(41)34(27-19-21-49-22-20-27)26-13-15-28(39)16-14-26/h5-16,25,27,29,34-35H,17-24,41H2,1-4H3,(H,42,45)/t25-,29-,34-,35-/m0/s1. The zero-order chi connectivity index (χ0) is 36.9. The maximum Gasteiger partial charge on any atom is 0.410 e. The first kappa shape index (κ1) is 38.3. The molecule has 3 N–H and O–H groups in total. The van der Waals surface area contributed by atoms with Crippen molar-refractivity contribution in [3.63, 3.8) is 0 Å². The number of ether oxygens (including phenoxy) is 2. The van der Waals surface area contributed by atoms with Crippen molar-refractivity contribution in [3.8, 4) is 0 Å². The van der Waals surface area contributed by atoms with Crippen molar-refractivity contribution in [3.05, 3.63) is 95.6 Å². The van der Waals surface area contributed by atoms with Crippen LogP contribution in [0.1, 0.15) is 64.0 Å². The fraction of sp³-hybridized carbons (Fsp3) is 0.474. The number of carbonyl (C=O) groups excluding carboxylic acids is 2. The predicted molar refractivity (Wildman–Crippen MR) is 191 cm³/mol. The Labute approximate surface area is 299 Å². The van der Waals surface area contributed by atoms with E-state index >= 15 is 4.39 Å². The molecule has 2 heterocycles. The summed E-state index contributed by atoms with van der Waals surface area (Å²) in [7, 11) is -4.01. The number of piperazine rings is 1. The zero-order valence-electron chi connectivity index (χ0n) is 29.6. The van der Waals surface area contributed by atoms with Crippen LogP contribution in [0, 0.1) is 17.6 Å². The smallest absolute Gasteiger partial charge is 0.410 e. The first-order valence-electron chi connectivity index (χ1n) is 17.4. The van der Waals surface area contributed by atoms with Crippen molar-refractivity contribution in [2.75, 3.05) is 31.6 Å². The molecule has 4 atom stereocenters. The van der Waals surface area contributed by atoms with Gasteiger partial charge in [0.1, 0.15) is 17.2 Å². The Bertz CT molecular complexity index is 1770. The summed E-state index contributed by atoms with van der Waals surface area (Å²) in [5, 5.41) is 2.84. The van der Waals surface area contributed by atoms with Crippen LogP contribution >= 0.6 is 0 Å². The quantitative estimate of drug-likeness (QED) is 0.259. The van der Waals surface area contributed by atoms with E-state index in [2.05, 4.69) is 5.32 Å². The Kier molecular flexibility index (Phi) is 12.2. The molecule has 0 saturated carbocycles. The average molecular weight is 727 g/mol. The topological polar surface area (TPSA) is 131 Å². The van der Waals surface area contributed by atoms with E-state index in [1.807, 2.05) is 0 Å². The second-order valence-corrected chi connectivity index (χ2v) is 16.2. The number of hydrogen-bond donors (Lipinski definition) is 2. The summed E-state index contributed by atoms with van der Waals surface area (Å²) in [4.78, 5) is 28.6. The van der Waals surface area contributed by atoms with Gasteiger partial charge < -0.3 is 25.4 Å². The molecule has 2 aliphatic heterocycles. The molecule has 10 nitrogen and oxygen atoms in total. The van der Waals surface area contributed by atoms with Gasteiger partial charge in [-0.2, -0.15) is 4.31 Å². The highest BCUT2D eigenvalue weighted by atomic mass is 32.2. The molecule has 0 aliphatic carbocycles. The molecular formula is C38H48F2N4O6S. The van der Waals surface area contributed by atoms with Crippen molar-refractivity contribution in [2.24, 2.45) is 11.7 Å². The van der Waals surface area contributed by atoms with Gasteiger partial charge in [-0.15, -0.1) is 0 Å². The van der Waals surface area contributed by atoms with Crippen molar-refractivity contribution >= 4 is 27.7 Å². The summed E-state index contributed by atoms with van der Waals surface area (Å²) < 4.78 is 70.1. The van der Waals surface area contributed by atoms with E-state index in [4.69, 9.17) is 15.2 Å². The first-order chi connectivity index (χ1) is 24.2. The maximum atomic E-state index is 15.6. The number of carbonyl (C=O) groups is 2. The number of sulfonamides is 1. The maximum absolute atomic E-state index is 15.6. The third kappa shape index (κ3) is 9.31. The molecule has 0 radical (unpaired) electrons. The minimum absolute atomic E-state index is 0.00991. The van der Waals surface area contributed by atoms with E-state index in [0.29, 0.717) is 26.1 Å². The highest BCUT2D eigenvalue weighted by Crippen LogP contribution is 2.36. The predicted octanol–water partition coefficient (Wildman–Crippen LogP) is 6.07. The summed E-state index contributed by atoms with van der Waals surface area (Å²) in [5.74, 6) is -1.94. The number of amides is 2. The Morgan fingerprint density at radius 1 is 0.980 bits per heavy atom. The lowest BCUT2D eigenvalue weighted by Crippen LogP contribution is -2.61. The molecule has 276 valence electrons. The van der Waals surface area contributed by atoms with Crippen LogP contribution in [0.4, 0.5) is 19.3 Å². The molecule has 0 unspecified atom stereocenters. The van der Waals surface area contributed by atoms with Crippen molar-refractivity contribution in [1.29, 1.82) is 0 Å². The highest BCUT2D eigenvalue weighted by Gasteiger charge is 2.43. The van der Waals surface area contributed by atoms with Gasteiger partial charge in [-0.25, -0.2) is 22.0 Å². The highest BCUT2D eigenvalue weighted by molar-refractivity contribution is 7.89.